The van der Waals surface area contributed by atoms with E-state index in [2.05, 4.69) is 187 Å². The first-order valence-corrected chi connectivity index (χ1v) is 17.8. The largest absolute Gasteiger partial charge is 0.309 e. The van der Waals surface area contributed by atoms with E-state index in [0.29, 0.717) is 0 Å². The predicted molar refractivity (Wildman–Crippen MR) is 213 cm³/mol. The Bertz CT molecular complexity index is 2790. The summed E-state index contributed by atoms with van der Waals surface area (Å²) in [5.74, 6) is 0. The number of hydrogen-bond acceptors (Lipinski definition) is 2. The third-order valence-corrected chi connectivity index (χ3v) is 11.0. The highest BCUT2D eigenvalue weighted by atomic mass is 32.1. The van der Waals surface area contributed by atoms with Gasteiger partial charge in [-0.2, -0.15) is 0 Å². The van der Waals surface area contributed by atoms with E-state index in [4.69, 9.17) is 4.98 Å². The van der Waals surface area contributed by atoms with Crippen molar-refractivity contribution in [3.8, 4) is 50.5 Å². The Morgan fingerprint density at radius 2 is 0.840 bits per heavy atom. The van der Waals surface area contributed by atoms with Gasteiger partial charge in [-0.15, -0.1) is 11.3 Å². The summed E-state index contributed by atoms with van der Waals surface area (Å²) >= 11 is 1.86. The minimum atomic E-state index is 0.953. The molecule has 2 nitrogen and oxygen atoms in total. The molecule has 0 atom stereocenters. The van der Waals surface area contributed by atoms with Crippen LogP contribution in [-0.4, -0.2) is 9.55 Å². The number of rotatable bonds is 5. The molecule has 0 aliphatic carbocycles. The van der Waals surface area contributed by atoms with Crippen LogP contribution in [0.1, 0.15) is 0 Å². The van der Waals surface area contributed by atoms with Crippen LogP contribution in [0.4, 0.5) is 0 Å². The van der Waals surface area contributed by atoms with Gasteiger partial charge in [0.05, 0.1) is 22.4 Å². The molecule has 3 heteroatoms. The van der Waals surface area contributed by atoms with E-state index < -0.39 is 0 Å². The monoisotopic (exact) mass is 654 g/mol. The highest BCUT2D eigenvalue weighted by molar-refractivity contribution is 7.25. The van der Waals surface area contributed by atoms with Crippen LogP contribution in [0, 0.1) is 0 Å². The fourth-order valence-electron chi connectivity index (χ4n) is 7.34. The second kappa shape index (κ2) is 11.7. The molecule has 0 bridgehead atoms. The van der Waals surface area contributed by atoms with Crippen LogP contribution in [0.2, 0.25) is 0 Å². The molecule has 234 valence electrons. The van der Waals surface area contributed by atoms with Crippen molar-refractivity contribution in [2.45, 2.75) is 0 Å². The van der Waals surface area contributed by atoms with Crippen molar-refractivity contribution in [2.24, 2.45) is 0 Å². The predicted octanol–water partition coefficient (Wildman–Crippen LogP) is 13.2. The molecular formula is C47H30N2S. The number of aromatic nitrogens is 2. The zero-order chi connectivity index (χ0) is 33.0. The van der Waals surface area contributed by atoms with E-state index in [1.54, 1.807) is 0 Å². The van der Waals surface area contributed by atoms with E-state index in [1.165, 1.54) is 58.7 Å². The Hall–Kier alpha value is -6.29. The van der Waals surface area contributed by atoms with Crippen molar-refractivity contribution in [1.82, 2.24) is 9.55 Å². The van der Waals surface area contributed by atoms with Crippen molar-refractivity contribution >= 4 is 53.3 Å². The van der Waals surface area contributed by atoms with Crippen molar-refractivity contribution < 1.29 is 0 Å². The summed E-state index contributed by atoms with van der Waals surface area (Å²) in [6, 6.07) is 65.5. The molecule has 3 aromatic heterocycles. The first kappa shape index (κ1) is 28.7. The summed E-state index contributed by atoms with van der Waals surface area (Å²) in [6.07, 6.45) is 0. The van der Waals surface area contributed by atoms with Crippen LogP contribution in [0.25, 0.3) is 92.4 Å². The molecule has 0 aliphatic rings. The molecule has 0 radical (unpaired) electrons. The molecule has 10 rings (SSSR count). The average molecular weight is 655 g/mol. The second-order valence-corrected chi connectivity index (χ2v) is 13.9. The first-order valence-electron chi connectivity index (χ1n) is 17.0. The maximum atomic E-state index is 5.20. The molecule has 0 amide bonds. The number of para-hydroxylation sites is 2. The number of nitrogens with zero attached hydrogens (tertiary/aromatic N) is 2. The van der Waals surface area contributed by atoms with Gasteiger partial charge in [0.25, 0.3) is 0 Å². The van der Waals surface area contributed by atoms with Gasteiger partial charge in [0.15, 0.2) is 0 Å². The Balaban J connectivity index is 1.04. The van der Waals surface area contributed by atoms with Crippen molar-refractivity contribution in [1.29, 1.82) is 0 Å². The van der Waals surface area contributed by atoms with Crippen molar-refractivity contribution in [3.63, 3.8) is 0 Å². The lowest BCUT2D eigenvalue weighted by molar-refractivity contribution is 1.18. The van der Waals surface area contributed by atoms with E-state index in [9.17, 15) is 0 Å². The van der Waals surface area contributed by atoms with Gasteiger partial charge < -0.3 is 4.57 Å². The fourth-order valence-corrected chi connectivity index (χ4v) is 8.43. The number of pyridine rings is 1. The van der Waals surface area contributed by atoms with Crippen LogP contribution in [-0.2, 0) is 0 Å². The fraction of sp³-hybridized carbons (Fsp3) is 0. The van der Waals surface area contributed by atoms with Crippen LogP contribution in [0.15, 0.2) is 182 Å². The molecule has 0 N–H and O–H groups in total. The maximum absolute atomic E-state index is 5.20. The molecule has 7 aromatic carbocycles. The summed E-state index contributed by atoms with van der Waals surface area (Å²) in [5.41, 5.74) is 12.4. The quantitative estimate of drug-likeness (QED) is 0.181. The zero-order valence-corrected chi connectivity index (χ0v) is 27.9. The third-order valence-electron chi connectivity index (χ3n) is 9.82. The standard InChI is InChI=1S/C47H30N2S/c1-2-10-33(11-3-1)42-29-36(32-20-18-31(19-21-32)35-24-27-47-41(28-35)40-14-6-9-17-46(40)50-47)30-43(48-42)34-22-25-37(26-23-34)49-44-15-7-4-12-38(44)39-13-5-8-16-45(39)49/h1-30H. The summed E-state index contributed by atoms with van der Waals surface area (Å²) in [5, 5.41) is 5.18. The Labute approximate surface area is 294 Å². The molecule has 0 spiro atoms. The normalized spacial score (nSPS) is 11.6. The Kier molecular flexibility index (Phi) is 6.71. The van der Waals surface area contributed by atoms with Gasteiger partial charge in [0.2, 0.25) is 0 Å². The van der Waals surface area contributed by atoms with Gasteiger partial charge in [-0.3, -0.25) is 0 Å². The van der Waals surface area contributed by atoms with Crippen LogP contribution >= 0.6 is 11.3 Å². The molecule has 50 heavy (non-hydrogen) atoms. The summed E-state index contributed by atoms with van der Waals surface area (Å²) in [4.78, 5) is 5.20. The highest BCUT2D eigenvalue weighted by Gasteiger charge is 2.14. The van der Waals surface area contributed by atoms with E-state index >= 15 is 0 Å². The molecule has 0 aliphatic heterocycles. The van der Waals surface area contributed by atoms with E-state index in [-0.39, 0.29) is 0 Å². The second-order valence-electron chi connectivity index (χ2n) is 12.8. The van der Waals surface area contributed by atoms with Crippen LogP contribution < -0.4 is 0 Å². The van der Waals surface area contributed by atoms with E-state index in [0.717, 1.165) is 33.8 Å². The highest BCUT2D eigenvalue weighted by Crippen LogP contribution is 2.38. The van der Waals surface area contributed by atoms with E-state index in [1.807, 2.05) is 11.3 Å². The summed E-state index contributed by atoms with van der Waals surface area (Å²) in [7, 11) is 0. The van der Waals surface area contributed by atoms with Gasteiger partial charge in [0.1, 0.15) is 0 Å². The SMILES string of the molecule is c1ccc(-c2cc(-c3ccc(-c4ccc5sc6ccccc6c5c4)cc3)cc(-c3ccc(-n4c5ccccc5c5ccccc54)cc3)n2)cc1. The lowest BCUT2D eigenvalue weighted by Gasteiger charge is -2.12. The zero-order valence-electron chi connectivity index (χ0n) is 27.1. The summed E-state index contributed by atoms with van der Waals surface area (Å²) in [6.45, 7) is 0. The maximum Gasteiger partial charge on any atom is 0.0715 e. The molecule has 0 unspecified atom stereocenters. The average Bonchev–Trinajstić information content (AvgIpc) is 3.74. The third kappa shape index (κ3) is 4.82. The first-order chi connectivity index (χ1) is 24.8. The van der Waals surface area contributed by atoms with Gasteiger partial charge in [-0.25, -0.2) is 4.98 Å². The molecule has 0 saturated heterocycles. The number of benzene rings is 7. The van der Waals surface area contributed by atoms with Gasteiger partial charge in [-0.05, 0) is 76.9 Å². The Morgan fingerprint density at radius 3 is 1.52 bits per heavy atom. The molecule has 0 saturated carbocycles. The van der Waals surface area contributed by atoms with Gasteiger partial charge in [0, 0.05) is 47.8 Å². The van der Waals surface area contributed by atoms with Crippen LogP contribution in [0.3, 0.4) is 0 Å². The lowest BCUT2D eigenvalue weighted by atomic mass is 9.97. The minimum Gasteiger partial charge on any atom is -0.309 e. The van der Waals surface area contributed by atoms with Crippen molar-refractivity contribution in [3.05, 3.63) is 182 Å². The molecular weight excluding hydrogens is 625 g/mol. The van der Waals surface area contributed by atoms with Gasteiger partial charge in [-0.1, -0.05) is 127 Å². The summed E-state index contributed by atoms with van der Waals surface area (Å²) < 4.78 is 5.01. The molecule has 3 heterocycles. The number of thiophene rings is 1. The molecule has 10 aromatic rings. The number of fused-ring (bicyclic) bond motifs is 6. The van der Waals surface area contributed by atoms with Crippen LogP contribution in [0.5, 0.6) is 0 Å². The minimum absolute atomic E-state index is 0.953. The topological polar surface area (TPSA) is 17.8 Å². The van der Waals surface area contributed by atoms with Crippen molar-refractivity contribution in [2.75, 3.05) is 0 Å². The lowest BCUT2D eigenvalue weighted by Crippen LogP contribution is -1.95. The smallest absolute Gasteiger partial charge is 0.0715 e. The number of hydrogen-bond donors (Lipinski definition) is 0. The molecule has 0 fully saturated rings. The van der Waals surface area contributed by atoms with Gasteiger partial charge >= 0.3 is 0 Å². The Morgan fingerprint density at radius 1 is 0.340 bits per heavy atom.